The van der Waals surface area contributed by atoms with Gasteiger partial charge in [-0.05, 0) is 72.6 Å². The van der Waals surface area contributed by atoms with Crippen molar-refractivity contribution in [2.24, 2.45) is 11.3 Å². The van der Waals surface area contributed by atoms with E-state index >= 15 is 0 Å². The van der Waals surface area contributed by atoms with Crippen LogP contribution in [0, 0.1) is 11.3 Å². The summed E-state index contributed by atoms with van der Waals surface area (Å²) in [6, 6.07) is 4.11. The lowest BCUT2D eigenvalue weighted by Gasteiger charge is -2.53. The predicted octanol–water partition coefficient (Wildman–Crippen LogP) is 4.95. The molecule has 3 unspecified atom stereocenters. The number of Topliss-reactive ketones (excluding diaryl/α,β-unsaturated/α-hetero) is 1. The first-order valence-corrected chi connectivity index (χ1v) is 10.7. The molecule has 0 saturated heterocycles. The minimum atomic E-state index is -0.973. The Morgan fingerprint density at radius 2 is 1.79 bits per heavy atom. The summed E-state index contributed by atoms with van der Waals surface area (Å²) < 4.78 is 0. The average Bonchev–Trinajstić information content (AvgIpc) is 2.64. The summed E-state index contributed by atoms with van der Waals surface area (Å²) in [5.41, 5.74) is 2.87. The van der Waals surface area contributed by atoms with Gasteiger partial charge in [0.2, 0.25) is 0 Å². The molecule has 1 fully saturated rings. The van der Waals surface area contributed by atoms with E-state index in [1.165, 1.54) is 5.56 Å². The molecule has 1 aromatic rings. The van der Waals surface area contributed by atoms with Gasteiger partial charge in [0, 0.05) is 12.0 Å². The molecule has 29 heavy (non-hydrogen) atoms. The number of aryl methyl sites for hydroxylation is 1. The number of hydrogen-bond donors (Lipinski definition) is 2. The second-order valence-corrected chi connectivity index (χ2v) is 9.65. The zero-order valence-electron chi connectivity index (χ0n) is 17.9. The maximum atomic E-state index is 12.9. The van der Waals surface area contributed by atoms with Crippen LogP contribution in [0.1, 0.15) is 99.2 Å². The van der Waals surface area contributed by atoms with Crippen LogP contribution >= 0.6 is 0 Å². The Labute approximate surface area is 172 Å². The van der Waals surface area contributed by atoms with Gasteiger partial charge in [0.1, 0.15) is 0 Å². The van der Waals surface area contributed by atoms with Crippen LogP contribution in [0.5, 0.6) is 0 Å². The first-order chi connectivity index (χ1) is 13.5. The molecule has 5 nitrogen and oxygen atoms in total. The maximum Gasteiger partial charge on any atom is 0.309 e. The van der Waals surface area contributed by atoms with E-state index in [1.807, 2.05) is 26.8 Å². The molecule has 1 aromatic carbocycles. The van der Waals surface area contributed by atoms with E-state index in [2.05, 4.69) is 13.0 Å². The van der Waals surface area contributed by atoms with Gasteiger partial charge in [0.25, 0.3) is 0 Å². The van der Waals surface area contributed by atoms with Crippen molar-refractivity contribution in [2.75, 3.05) is 0 Å². The Hall–Kier alpha value is -2.17. The topological polar surface area (TPSA) is 91.7 Å². The minimum Gasteiger partial charge on any atom is -0.481 e. The number of carbonyl (C=O) groups is 3. The third-order valence-corrected chi connectivity index (χ3v) is 7.50. The van der Waals surface area contributed by atoms with E-state index in [1.54, 1.807) is 0 Å². The third kappa shape index (κ3) is 3.60. The van der Waals surface area contributed by atoms with E-state index in [4.69, 9.17) is 5.11 Å². The number of hydrogen-bond acceptors (Lipinski definition) is 3. The molecule has 0 spiro atoms. The van der Waals surface area contributed by atoms with Crippen LogP contribution in [0.4, 0.5) is 0 Å². The Morgan fingerprint density at radius 3 is 2.38 bits per heavy atom. The molecule has 3 atom stereocenters. The van der Waals surface area contributed by atoms with Gasteiger partial charge in [-0.1, -0.05) is 33.3 Å². The van der Waals surface area contributed by atoms with Crippen LogP contribution in [-0.2, 0) is 21.4 Å². The Kier molecular flexibility index (Phi) is 5.63. The van der Waals surface area contributed by atoms with E-state index in [9.17, 15) is 19.5 Å². The molecule has 0 bridgehead atoms. The summed E-state index contributed by atoms with van der Waals surface area (Å²) in [6.45, 7) is 8.14. The summed E-state index contributed by atoms with van der Waals surface area (Å²) in [4.78, 5) is 36.0. The predicted molar refractivity (Wildman–Crippen MR) is 110 cm³/mol. The van der Waals surface area contributed by atoms with E-state index in [0.717, 1.165) is 36.8 Å². The van der Waals surface area contributed by atoms with Gasteiger partial charge in [0.15, 0.2) is 5.78 Å². The summed E-state index contributed by atoms with van der Waals surface area (Å²) in [6.07, 6.45) is 3.93. The molecule has 158 valence electrons. The average molecular weight is 401 g/mol. The molecule has 1 saturated carbocycles. The molecule has 2 aliphatic rings. The molecule has 2 N–H and O–H groups in total. The highest BCUT2D eigenvalue weighted by Gasteiger charge is 2.55. The fourth-order valence-corrected chi connectivity index (χ4v) is 5.87. The minimum absolute atomic E-state index is 0.0131. The zero-order chi connectivity index (χ0) is 21.6. The summed E-state index contributed by atoms with van der Waals surface area (Å²) in [5, 5.41) is 18.9. The molecular weight excluding hydrogens is 368 g/mol. The number of rotatable bonds is 6. The fraction of sp³-hybridized carbons (Fsp3) is 0.625. The van der Waals surface area contributed by atoms with Gasteiger partial charge < -0.3 is 10.2 Å². The summed E-state index contributed by atoms with van der Waals surface area (Å²) in [7, 11) is 0. The molecule has 0 aliphatic heterocycles. The van der Waals surface area contributed by atoms with E-state index < -0.39 is 17.4 Å². The first kappa shape index (κ1) is 21.5. The van der Waals surface area contributed by atoms with Crippen LogP contribution in [0.2, 0.25) is 0 Å². The first-order valence-electron chi connectivity index (χ1n) is 10.7. The highest BCUT2D eigenvalue weighted by atomic mass is 16.4. The molecule has 0 radical (unpaired) electrons. The van der Waals surface area contributed by atoms with Crippen molar-refractivity contribution >= 4 is 17.7 Å². The van der Waals surface area contributed by atoms with Crippen molar-refractivity contribution in [3.63, 3.8) is 0 Å². The second-order valence-electron chi connectivity index (χ2n) is 9.65. The van der Waals surface area contributed by atoms with Crippen LogP contribution in [0.15, 0.2) is 12.1 Å². The molecule has 5 heteroatoms. The molecule has 0 heterocycles. The fourth-order valence-electron chi connectivity index (χ4n) is 5.87. The van der Waals surface area contributed by atoms with Gasteiger partial charge in [-0.3, -0.25) is 14.4 Å². The van der Waals surface area contributed by atoms with Crippen molar-refractivity contribution in [3.8, 4) is 0 Å². The number of benzene rings is 1. The van der Waals surface area contributed by atoms with Gasteiger partial charge >= 0.3 is 11.9 Å². The molecule has 0 aromatic heterocycles. The number of ketones is 1. The quantitative estimate of drug-likeness (QED) is 0.659. The highest BCUT2D eigenvalue weighted by Crippen LogP contribution is 2.57. The van der Waals surface area contributed by atoms with Gasteiger partial charge in [-0.2, -0.15) is 0 Å². The highest BCUT2D eigenvalue weighted by molar-refractivity contribution is 5.99. The number of carboxylic acids is 2. The normalized spacial score (nSPS) is 28.5. The van der Waals surface area contributed by atoms with Crippen molar-refractivity contribution in [1.82, 2.24) is 0 Å². The lowest BCUT2D eigenvalue weighted by atomic mass is 9.49. The maximum absolute atomic E-state index is 12.9. The standard InChI is InChI=1S/C24H32O5/c1-14(2)16-12-15-6-8-20-23(3,10-5-11-24(20,4)22(28)29)18(15)13-17(16)19(25)7-9-21(26)27/h12-14,20H,5-11H2,1-4H3,(H,26,27)(H,28,29). The molecule has 2 aliphatic carbocycles. The van der Waals surface area contributed by atoms with Crippen LogP contribution in [0.25, 0.3) is 0 Å². The Balaban J connectivity index is 2.11. The van der Waals surface area contributed by atoms with Gasteiger partial charge in [-0.25, -0.2) is 0 Å². The summed E-state index contributed by atoms with van der Waals surface area (Å²) >= 11 is 0. The van der Waals surface area contributed by atoms with Crippen LogP contribution < -0.4 is 0 Å². The summed E-state index contributed by atoms with van der Waals surface area (Å²) in [5.74, 6) is -1.65. The molecule has 3 rings (SSSR count). The van der Waals surface area contributed by atoms with Crippen molar-refractivity contribution in [2.45, 2.75) is 84.0 Å². The SMILES string of the molecule is CC(C)c1cc2c(cc1C(=O)CCC(=O)O)C1(C)CCCC(C)(C(=O)O)C1CC2. The smallest absolute Gasteiger partial charge is 0.309 e. The number of carboxylic acid groups (broad SMARTS) is 2. The number of fused-ring (bicyclic) bond motifs is 3. The lowest BCUT2D eigenvalue weighted by Crippen LogP contribution is -2.52. The van der Waals surface area contributed by atoms with E-state index in [-0.39, 0.29) is 35.9 Å². The van der Waals surface area contributed by atoms with E-state index in [0.29, 0.717) is 12.0 Å². The second kappa shape index (κ2) is 7.58. The molecular formula is C24H32O5. The van der Waals surface area contributed by atoms with Crippen LogP contribution in [0.3, 0.4) is 0 Å². The van der Waals surface area contributed by atoms with Crippen molar-refractivity contribution < 1.29 is 24.6 Å². The third-order valence-electron chi connectivity index (χ3n) is 7.50. The van der Waals surface area contributed by atoms with Crippen molar-refractivity contribution in [1.29, 1.82) is 0 Å². The monoisotopic (exact) mass is 400 g/mol. The number of carbonyl (C=O) groups excluding carboxylic acids is 1. The largest absolute Gasteiger partial charge is 0.481 e. The Bertz CT molecular complexity index is 855. The van der Waals surface area contributed by atoms with Gasteiger partial charge in [-0.15, -0.1) is 0 Å². The Morgan fingerprint density at radius 1 is 1.10 bits per heavy atom. The zero-order valence-corrected chi connectivity index (χ0v) is 17.9. The van der Waals surface area contributed by atoms with Gasteiger partial charge in [0.05, 0.1) is 11.8 Å². The van der Waals surface area contributed by atoms with Crippen LogP contribution in [-0.4, -0.2) is 27.9 Å². The number of aliphatic carboxylic acids is 2. The molecule has 0 amide bonds. The lowest BCUT2D eigenvalue weighted by molar-refractivity contribution is -0.157. The van der Waals surface area contributed by atoms with Crippen molar-refractivity contribution in [3.05, 3.63) is 34.4 Å².